The molecule has 0 heterocycles. The van der Waals surface area contributed by atoms with Crippen molar-refractivity contribution in [2.24, 2.45) is 5.73 Å². The second-order valence-corrected chi connectivity index (χ2v) is 21.8. The maximum Gasteiger partial charge on any atom is 0.409 e. The van der Waals surface area contributed by atoms with Crippen LogP contribution in [0.1, 0.15) is 135 Å². The lowest BCUT2D eigenvalue weighted by Crippen LogP contribution is -2.66. The number of aromatic carboxylic acids is 2. The Morgan fingerprint density at radius 2 is 1.22 bits per heavy atom. The van der Waals surface area contributed by atoms with Crippen LogP contribution in [0.4, 0.5) is 33.7 Å². The number of hydrogen-bond donors (Lipinski definition) is 8. The fraction of sp³-hybridized carbons (Fsp3) is 0.333. The number of nitrogens with two attached hydrogens (primary N) is 1. The molecule has 0 aliphatic rings. The van der Waals surface area contributed by atoms with E-state index in [4.69, 9.17) is 20.3 Å². The lowest BCUT2D eigenvalue weighted by molar-refractivity contribution is 0.0679. The Hall–Kier alpha value is -8.82. The smallest absolute Gasteiger partial charge is 0.409 e. The second kappa shape index (κ2) is 33.0. The number of carboxylic acid groups (broad SMARTS) is 3. The van der Waals surface area contributed by atoms with E-state index in [9.17, 15) is 29.7 Å². The molecule has 16 nitrogen and oxygen atoms in total. The highest BCUT2D eigenvalue weighted by atomic mass is 19.1. The van der Waals surface area contributed by atoms with Crippen molar-refractivity contribution >= 4 is 35.3 Å². The summed E-state index contributed by atoms with van der Waals surface area (Å²) in [7, 11) is 1.53. The number of benzene rings is 7. The molecular weight excluding hydrogens is 1150 g/mol. The van der Waals surface area contributed by atoms with Crippen LogP contribution in [0.15, 0.2) is 140 Å². The van der Waals surface area contributed by atoms with E-state index in [2.05, 4.69) is 28.9 Å². The van der Waals surface area contributed by atoms with Crippen LogP contribution in [-0.4, -0.2) is 101 Å². The molecule has 7 aromatic rings. The van der Waals surface area contributed by atoms with Crippen LogP contribution >= 0.6 is 0 Å². The van der Waals surface area contributed by atoms with Crippen molar-refractivity contribution < 1.29 is 66.6 Å². The highest BCUT2D eigenvalue weighted by molar-refractivity contribution is 6.02. The van der Waals surface area contributed by atoms with Gasteiger partial charge < -0.3 is 56.1 Å². The molecule has 0 radical (unpaired) electrons. The van der Waals surface area contributed by atoms with Gasteiger partial charge in [-0.05, 0) is 128 Å². The quantitative estimate of drug-likeness (QED) is 0.0196. The molecule has 0 unspecified atom stereocenters. The molecule has 0 aromatic heterocycles. The lowest BCUT2D eigenvalue weighted by atomic mass is 9.68. The molecular formula is C69H80F4N6O10. The van der Waals surface area contributed by atoms with Gasteiger partial charge in [0.05, 0.1) is 36.1 Å². The molecule has 7 aromatic carbocycles. The van der Waals surface area contributed by atoms with Crippen LogP contribution in [0.25, 0.3) is 0 Å². The van der Waals surface area contributed by atoms with Gasteiger partial charge in [0.25, 0.3) is 5.91 Å². The van der Waals surface area contributed by atoms with Crippen LogP contribution in [0.5, 0.6) is 11.5 Å². The van der Waals surface area contributed by atoms with E-state index in [1.165, 1.54) is 25.3 Å². The van der Waals surface area contributed by atoms with Crippen LogP contribution in [0.2, 0.25) is 0 Å². The van der Waals surface area contributed by atoms with Crippen LogP contribution in [0.3, 0.4) is 0 Å². The number of carbonyl (C=O) groups excluding carboxylic acids is 1. The van der Waals surface area contributed by atoms with Gasteiger partial charge in [-0.15, -0.1) is 0 Å². The number of carbonyl (C=O) groups is 4. The average molecular weight is 1230 g/mol. The summed E-state index contributed by atoms with van der Waals surface area (Å²) in [5, 5.41) is 51.2. The molecule has 0 spiro atoms. The van der Waals surface area contributed by atoms with Crippen LogP contribution < -0.4 is 36.1 Å². The zero-order valence-corrected chi connectivity index (χ0v) is 51.2. The number of aliphatic hydroxyl groups is 1. The summed E-state index contributed by atoms with van der Waals surface area (Å²) in [4.78, 5) is 57.5. The van der Waals surface area contributed by atoms with E-state index in [1.54, 1.807) is 60.9 Å². The molecule has 0 saturated heterocycles. The van der Waals surface area contributed by atoms with Gasteiger partial charge in [-0.2, -0.15) is 0 Å². The van der Waals surface area contributed by atoms with Crippen molar-refractivity contribution in [3.63, 3.8) is 0 Å². The number of methoxy groups -OCH3 is 1. The molecule has 474 valence electrons. The van der Waals surface area contributed by atoms with E-state index in [1.807, 2.05) is 62.4 Å². The number of nitrogens with zero attached hydrogens (tertiary/aromatic N) is 2. The molecule has 0 aliphatic carbocycles. The molecule has 7 rings (SSSR count). The molecule has 2 amide bonds. The number of nitrogens with one attached hydrogen (secondary N) is 3. The number of halogens is 4. The SMILES string of the molecule is CCCN(CCC)C(=O)c1cc(C)cc(C(=O)O)c1[C@@](CN[C@@H](C)CO)([C@@H](N)C(c1cc(F)cc(F)c1)c1cc(F)cc(F)c1)N(CCC)c1c(C(=O)O)ccc(CNCc2cccc(CC)c2)c1OCc1ccccc1.COc1cccc(NC(=O)O)c1. The normalized spacial score (nSPS) is 12.5. The van der Waals surface area contributed by atoms with Gasteiger partial charge >= 0.3 is 18.0 Å². The number of carboxylic acids is 2. The molecule has 3 atom stereocenters. The highest BCUT2D eigenvalue weighted by Crippen LogP contribution is 2.50. The van der Waals surface area contributed by atoms with Gasteiger partial charge in [0.1, 0.15) is 41.4 Å². The van der Waals surface area contributed by atoms with E-state index in [-0.39, 0.29) is 78.5 Å². The summed E-state index contributed by atoms with van der Waals surface area (Å²) in [6, 6.07) is 32.2. The first-order valence-corrected chi connectivity index (χ1v) is 29.6. The number of aryl methyl sites for hydroxylation is 2. The van der Waals surface area contributed by atoms with Crippen molar-refractivity contribution in [3.05, 3.63) is 224 Å². The van der Waals surface area contributed by atoms with Gasteiger partial charge in [-0.1, -0.05) is 94.4 Å². The molecule has 0 bridgehead atoms. The maximum absolute atomic E-state index is 15.8. The van der Waals surface area contributed by atoms with Crippen molar-refractivity contribution in [1.29, 1.82) is 0 Å². The van der Waals surface area contributed by atoms with Crippen molar-refractivity contribution in [2.75, 3.05) is 50.1 Å². The maximum atomic E-state index is 15.8. The Morgan fingerprint density at radius 3 is 1.78 bits per heavy atom. The van der Waals surface area contributed by atoms with Crippen LogP contribution in [-0.2, 0) is 31.7 Å². The molecule has 0 saturated carbocycles. The van der Waals surface area contributed by atoms with Crippen molar-refractivity contribution in [1.82, 2.24) is 15.5 Å². The third-order valence-electron chi connectivity index (χ3n) is 15.1. The van der Waals surface area contributed by atoms with E-state index < -0.39 is 89.5 Å². The minimum absolute atomic E-state index is 0.0319. The average Bonchev–Trinajstić information content (AvgIpc) is 0.718. The van der Waals surface area contributed by atoms with Gasteiger partial charge in [0.2, 0.25) is 0 Å². The van der Waals surface area contributed by atoms with Gasteiger partial charge in [-0.3, -0.25) is 10.1 Å². The summed E-state index contributed by atoms with van der Waals surface area (Å²) >= 11 is 0. The van der Waals surface area contributed by atoms with E-state index in [0.717, 1.165) is 41.8 Å². The van der Waals surface area contributed by atoms with Crippen molar-refractivity contribution in [2.45, 2.75) is 110 Å². The van der Waals surface area contributed by atoms with E-state index in [0.29, 0.717) is 59.6 Å². The minimum atomic E-state index is -2.34. The molecule has 0 fully saturated rings. The Balaban J connectivity index is 0.000000939. The fourth-order valence-electron chi connectivity index (χ4n) is 11.1. The summed E-state index contributed by atoms with van der Waals surface area (Å²) in [5.41, 5.74) is 8.00. The topological polar surface area (TPSA) is 236 Å². The molecule has 9 N–H and O–H groups in total. The predicted octanol–water partition coefficient (Wildman–Crippen LogP) is 12.7. The first-order valence-electron chi connectivity index (χ1n) is 29.6. The Bertz CT molecular complexity index is 3440. The zero-order valence-electron chi connectivity index (χ0n) is 51.2. The summed E-state index contributed by atoms with van der Waals surface area (Å²) in [6.45, 7) is 10.5. The third kappa shape index (κ3) is 17.9. The number of ether oxygens (including phenoxy) is 2. The third-order valence-corrected chi connectivity index (χ3v) is 15.1. The highest BCUT2D eigenvalue weighted by Gasteiger charge is 2.53. The molecule has 0 aliphatic heterocycles. The second-order valence-electron chi connectivity index (χ2n) is 21.8. The first kappa shape index (κ1) is 69.3. The number of amides is 2. The van der Waals surface area contributed by atoms with Gasteiger partial charge in [-0.25, -0.2) is 31.9 Å². The number of anilines is 2. The number of hydrogen-bond acceptors (Lipinski definition) is 11. The minimum Gasteiger partial charge on any atom is -0.497 e. The van der Waals surface area contributed by atoms with Gasteiger partial charge in [0, 0.05) is 97.8 Å². The molecule has 20 heteroatoms. The fourth-order valence-corrected chi connectivity index (χ4v) is 11.1. The van der Waals surface area contributed by atoms with Gasteiger partial charge in [0.15, 0.2) is 0 Å². The predicted molar refractivity (Wildman–Crippen MR) is 336 cm³/mol. The van der Waals surface area contributed by atoms with E-state index >= 15 is 22.4 Å². The zero-order chi connectivity index (χ0) is 65.0. The Kier molecular flexibility index (Phi) is 25.7. The molecule has 89 heavy (non-hydrogen) atoms. The largest absolute Gasteiger partial charge is 0.497 e. The van der Waals surface area contributed by atoms with Crippen LogP contribution in [0, 0.1) is 30.2 Å². The Labute approximate surface area is 517 Å². The summed E-state index contributed by atoms with van der Waals surface area (Å²) < 4.78 is 75.1. The first-order chi connectivity index (χ1) is 42.6. The monoisotopic (exact) mass is 1230 g/mol. The number of rotatable bonds is 30. The standard InChI is InChI=1S/C61H71F4N5O7.C8H9NO3/c1-7-21-69(22-8-2)58(72)51-24-38(5)25-52(60(75)76)54(51)61(37-68-39(6)35-71,57(66)53(44-27-46(62)31-47(63)28-44)45-29-48(64)32-49(65)30-45)70(23-9-3)55-50(59(73)74)20-19-43(56(55)77-36-41-15-12-11-13-16-41)34-67-33-42-18-14-17-40(10-4)26-42;1-12-7-4-2-3-6(5-7)9-8(10)11/h11-20,24-32,39,53,57,67-68,71H,7-10,21-23,33-37,66H2,1-6H3,(H,73,74)(H,75,76);2-5,9H,1H3,(H,10,11)/t39-,57-,61-;/m0./s1. The summed E-state index contributed by atoms with van der Waals surface area (Å²) in [6.07, 6.45) is 0.927. The number of aliphatic hydroxyl groups excluding tert-OH is 1. The lowest BCUT2D eigenvalue weighted by Gasteiger charge is -2.53. The van der Waals surface area contributed by atoms with Crippen molar-refractivity contribution in [3.8, 4) is 11.5 Å². The Morgan fingerprint density at radius 1 is 0.652 bits per heavy atom. The summed E-state index contributed by atoms with van der Waals surface area (Å²) in [5.74, 6) is -8.87.